The minimum Gasteiger partial charge on any atom is -0.409 e. The van der Waals surface area contributed by atoms with Gasteiger partial charge in [-0.2, -0.15) is 0 Å². The number of amides is 2. The molecule has 1 unspecified atom stereocenters. The molecule has 0 saturated heterocycles. The van der Waals surface area contributed by atoms with E-state index in [1.165, 1.54) is 0 Å². The van der Waals surface area contributed by atoms with E-state index >= 15 is 0 Å². The maximum absolute atomic E-state index is 12.3. The van der Waals surface area contributed by atoms with Crippen molar-refractivity contribution in [2.24, 2.45) is 16.3 Å². The molecule has 0 radical (unpaired) electrons. The summed E-state index contributed by atoms with van der Waals surface area (Å²) < 4.78 is 0. The zero-order valence-electron chi connectivity index (χ0n) is 12.5. The maximum Gasteiger partial charge on any atom is 0.242 e. The van der Waals surface area contributed by atoms with Gasteiger partial charge in [0.1, 0.15) is 11.5 Å². The Bertz CT molecular complexity index is 422. The van der Waals surface area contributed by atoms with Crippen LogP contribution in [-0.4, -0.2) is 34.4 Å². The van der Waals surface area contributed by atoms with Crippen molar-refractivity contribution in [3.63, 3.8) is 0 Å². The van der Waals surface area contributed by atoms with Gasteiger partial charge in [0.05, 0.1) is 0 Å². The number of nitrogens with one attached hydrogen (secondary N) is 2. The molecule has 20 heavy (non-hydrogen) atoms. The third kappa shape index (κ3) is 3.40. The van der Waals surface area contributed by atoms with Crippen LogP contribution in [0.15, 0.2) is 5.16 Å². The van der Waals surface area contributed by atoms with Gasteiger partial charge >= 0.3 is 0 Å². The number of nitrogens with zero attached hydrogens (tertiary/aromatic N) is 1. The number of rotatable bonds is 4. The summed E-state index contributed by atoms with van der Waals surface area (Å²) >= 11 is 0. The molecule has 1 fully saturated rings. The van der Waals surface area contributed by atoms with Crippen molar-refractivity contribution in [3.05, 3.63) is 0 Å². The molecule has 0 aromatic rings. The number of carbonyl (C=O) groups is 2. The van der Waals surface area contributed by atoms with Gasteiger partial charge in [-0.25, -0.2) is 0 Å². The second kappa shape index (κ2) is 5.68. The molecule has 1 atom stereocenters. The van der Waals surface area contributed by atoms with Crippen molar-refractivity contribution in [3.8, 4) is 0 Å². The monoisotopic (exact) mass is 284 g/mol. The van der Waals surface area contributed by atoms with E-state index in [9.17, 15) is 9.59 Å². The lowest BCUT2D eigenvalue weighted by Crippen LogP contribution is -2.58. The first-order chi connectivity index (χ1) is 9.12. The first-order valence-corrected chi connectivity index (χ1v) is 6.73. The van der Waals surface area contributed by atoms with Crippen LogP contribution >= 0.6 is 0 Å². The summed E-state index contributed by atoms with van der Waals surface area (Å²) in [7, 11) is 0. The van der Waals surface area contributed by atoms with Gasteiger partial charge in [0.2, 0.25) is 11.8 Å². The number of hydrogen-bond acceptors (Lipinski definition) is 4. The summed E-state index contributed by atoms with van der Waals surface area (Å²) in [4.78, 5) is 24.2. The number of hydrogen-bond donors (Lipinski definition) is 4. The zero-order chi connectivity index (χ0) is 15.6. The Balaban J connectivity index is 2.68. The van der Waals surface area contributed by atoms with E-state index in [4.69, 9.17) is 10.9 Å². The fraction of sp³-hybridized carbons (Fsp3) is 0.769. The minimum atomic E-state index is -0.967. The van der Waals surface area contributed by atoms with Crippen LogP contribution in [0.3, 0.4) is 0 Å². The Morgan fingerprint density at radius 2 is 1.90 bits per heavy atom. The summed E-state index contributed by atoms with van der Waals surface area (Å²) in [5, 5.41) is 17.2. The molecule has 7 heteroatoms. The van der Waals surface area contributed by atoms with Crippen LogP contribution in [0.1, 0.15) is 47.0 Å². The van der Waals surface area contributed by atoms with E-state index in [0.29, 0.717) is 12.8 Å². The van der Waals surface area contributed by atoms with E-state index in [1.54, 1.807) is 6.92 Å². The first-order valence-electron chi connectivity index (χ1n) is 6.73. The topological polar surface area (TPSA) is 117 Å². The van der Waals surface area contributed by atoms with E-state index in [-0.39, 0.29) is 23.2 Å². The van der Waals surface area contributed by atoms with Gasteiger partial charge < -0.3 is 21.6 Å². The van der Waals surface area contributed by atoms with Gasteiger partial charge in [-0.05, 0) is 40.5 Å². The Kier molecular flexibility index (Phi) is 4.62. The maximum atomic E-state index is 12.3. The zero-order valence-corrected chi connectivity index (χ0v) is 12.5. The summed E-state index contributed by atoms with van der Waals surface area (Å²) in [6.45, 7) is 7.20. The third-order valence-electron chi connectivity index (χ3n) is 3.48. The molecule has 0 heterocycles. The Labute approximate surface area is 119 Å². The summed E-state index contributed by atoms with van der Waals surface area (Å²) in [5.74, 6) is -0.722. The van der Waals surface area contributed by atoms with Gasteiger partial charge in [0, 0.05) is 5.54 Å². The highest BCUT2D eigenvalue weighted by Gasteiger charge is 2.49. The molecule has 1 aliphatic rings. The average Bonchev–Trinajstić information content (AvgIpc) is 2.24. The quantitative estimate of drug-likeness (QED) is 0.257. The lowest BCUT2D eigenvalue weighted by atomic mass is 9.67. The molecular formula is C13H24N4O3. The number of nitrogens with two attached hydrogens (primary N) is 1. The van der Waals surface area contributed by atoms with Crippen molar-refractivity contribution in [2.75, 3.05) is 0 Å². The molecular weight excluding hydrogens is 260 g/mol. The Morgan fingerprint density at radius 1 is 1.35 bits per heavy atom. The van der Waals surface area contributed by atoms with Crippen LogP contribution in [-0.2, 0) is 9.59 Å². The average molecular weight is 284 g/mol. The van der Waals surface area contributed by atoms with Crippen molar-refractivity contribution < 1.29 is 14.8 Å². The second-order valence-electron chi connectivity index (χ2n) is 6.36. The summed E-state index contributed by atoms with van der Waals surface area (Å²) in [6.07, 6.45) is 1.90. The fourth-order valence-corrected chi connectivity index (χ4v) is 2.10. The molecule has 1 aliphatic carbocycles. The first kappa shape index (κ1) is 16.3. The fourth-order valence-electron chi connectivity index (χ4n) is 2.10. The number of oxime groups is 1. The molecule has 5 N–H and O–H groups in total. The lowest BCUT2D eigenvalue weighted by molar-refractivity contribution is -0.135. The van der Waals surface area contributed by atoms with Crippen molar-refractivity contribution in [1.82, 2.24) is 10.6 Å². The molecule has 1 rings (SSSR count). The van der Waals surface area contributed by atoms with Crippen molar-refractivity contribution in [1.29, 1.82) is 0 Å². The normalized spacial score (nSPS) is 19.7. The predicted molar refractivity (Wildman–Crippen MR) is 75.2 cm³/mol. The van der Waals surface area contributed by atoms with Crippen LogP contribution in [0.2, 0.25) is 0 Å². The highest BCUT2D eigenvalue weighted by Crippen LogP contribution is 2.41. The SMILES string of the molecule is CC(NC(=O)C1(C(N)=NO)CCC1)C(=O)NC(C)(C)C. The molecule has 1 saturated carbocycles. The smallest absolute Gasteiger partial charge is 0.242 e. The van der Waals surface area contributed by atoms with Crippen LogP contribution in [0.4, 0.5) is 0 Å². The molecule has 7 nitrogen and oxygen atoms in total. The Morgan fingerprint density at radius 3 is 2.25 bits per heavy atom. The molecule has 0 aliphatic heterocycles. The summed E-state index contributed by atoms with van der Waals surface area (Å²) in [5.41, 5.74) is 4.27. The van der Waals surface area contributed by atoms with Gasteiger partial charge in [0.15, 0.2) is 5.84 Å². The molecule has 0 aromatic heterocycles. The van der Waals surface area contributed by atoms with Crippen molar-refractivity contribution in [2.45, 2.75) is 58.5 Å². The lowest BCUT2D eigenvalue weighted by Gasteiger charge is -2.39. The van der Waals surface area contributed by atoms with Gasteiger partial charge in [0.25, 0.3) is 0 Å². The molecule has 0 spiro atoms. The highest BCUT2D eigenvalue weighted by atomic mass is 16.4. The van der Waals surface area contributed by atoms with E-state index in [1.807, 2.05) is 20.8 Å². The molecule has 2 amide bonds. The Hall–Kier alpha value is -1.79. The van der Waals surface area contributed by atoms with Crippen LogP contribution < -0.4 is 16.4 Å². The van der Waals surface area contributed by atoms with E-state index in [2.05, 4.69) is 15.8 Å². The van der Waals surface area contributed by atoms with Crippen LogP contribution in [0, 0.1) is 5.41 Å². The molecule has 0 aromatic carbocycles. The number of carbonyl (C=O) groups excluding carboxylic acids is 2. The molecule has 0 bridgehead atoms. The second-order valence-corrected chi connectivity index (χ2v) is 6.36. The molecule has 114 valence electrons. The highest BCUT2D eigenvalue weighted by molar-refractivity contribution is 6.08. The van der Waals surface area contributed by atoms with Gasteiger partial charge in [-0.3, -0.25) is 9.59 Å². The van der Waals surface area contributed by atoms with Gasteiger partial charge in [-0.1, -0.05) is 11.6 Å². The standard InChI is InChI=1S/C13H24N4O3/c1-8(9(18)16-12(2,3)4)15-11(19)13(6-5-7-13)10(14)17-20/h8,20H,5-7H2,1-4H3,(H2,14,17)(H,15,19)(H,16,18). The van der Waals surface area contributed by atoms with Crippen molar-refractivity contribution >= 4 is 17.6 Å². The van der Waals surface area contributed by atoms with E-state index in [0.717, 1.165) is 6.42 Å². The van der Waals surface area contributed by atoms with E-state index < -0.39 is 11.5 Å². The van der Waals surface area contributed by atoms with Crippen LogP contribution in [0.25, 0.3) is 0 Å². The van der Waals surface area contributed by atoms with Gasteiger partial charge in [-0.15, -0.1) is 0 Å². The predicted octanol–water partition coefficient (Wildman–Crippen LogP) is 0.323. The summed E-state index contributed by atoms with van der Waals surface area (Å²) in [6, 6.07) is -0.675. The number of amidine groups is 1. The largest absolute Gasteiger partial charge is 0.409 e. The third-order valence-corrected chi connectivity index (χ3v) is 3.48. The van der Waals surface area contributed by atoms with Crippen LogP contribution in [0.5, 0.6) is 0 Å². The minimum absolute atomic E-state index is 0.0929.